The van der Waals surface area contributed by atoms with Crippen LogP contribution in [0.2, 0.25) is 0 Å². The van der Waals surface area contributed by atoms with Gasteiger partial charge >= 0.3 is 6.03 Å². The molecule has 4 N–H and O–H groups in total. The maximum atomic E-state index is 11.8. The summed E-state index contributed by atoms with van der Waals surface area (Å²) in [5.41, 5.74) is 5.51. The molecule has 1 aliphatic heterocycles. The Labute approximate surface area is 108 Å². The van der Waals surface area contributed by atoms with Gasteiger partial charge in [-0.2, -0.15) is 0 Å². The average Bonchev–Trinajstić information content (AvgIpc) is 2.39. The van der Waals surface area contributed by atoms with Gasteiger partial charge in [0.25, 0.3) is 0 Å². The van der Waals surface area contributed by atoms with Crippen molar-refractivity contribution < 1.29 is 9.59 Å². The first-order valence-electron chi connectivity index (χ1n) is 6.27. The molecule has 0 spiro atoms. The minimum Gasteiger partial charge on any atom is -0.341 e. The van der Waals surface area contributed by atoms with Crippen molar-refractivity contribution in [3.63, 3.8) is 0 Å². The Morgan fingerprint density at radius 3 is 2.39 bits per heavy atom. The summed E-state index contributed by atoms with van der Waals surface area (Å²) in [4.78, 5) is 27.2. The molecule has 0 aromatic rings. The Morgan fingerprint density at radius 1 is 1.28 bits per heavy atom. The van der Waals surface area contributed by atoms with E-state index < -0.39 is 6.03 Å². The lowest BCUT2D eigenvalue weighted by Gasteiger charge is -2.37. The average molecular weight is 257 g/mol. The van der Waals surface area contributed by atoms with Crippen molar-refractivity contribution in [2.45, 2.75) is 13.0 Å². The molecule has 0 bridgehead atoms. The molecule has 18 heavy (non-hydrogen) atoms. The van der Waals surface area contributed by atoms with E-state index in [1.54, 1.807) is 0 Å². The Kier molecular flexibility index (Phi) is 6.03. The maximum absolute atomic E-state index is 11.8. The molecule has 1 aliphatic rings. The Bertz CT molecular complexity index is 289. The minimum atomic E-state index is -0.464. The molecular formula is C11H23N5O2. The van der Waals surface area contributed by atoms with Crippen LogP contribution in [0.25, 0.3) is 0 Å². The zero-order valence-corrected chi connectivity index (χ0v) is 11.1. The number of carbonyl (C=O) groups is 2. The van der Waals surface area contributed by atoms with Gasteiger partial charge < -0.3 is 11.1 Å². The summed E-state index contributed by atoms with van der Waals surface area (Å²) in [6.07, 6.45) is 0. The van der Waals surface area contributed by atoms with Gasteiger partial charge in [-0.15, -0.1) is 0 Å². The number of imide groups is 1. The van der Waals surface area contributed by atoms with Crippen LogP contribution in [0.1, 0.15) is 6.92 Å². The molecule has 1 fully saturated rings. The SMILES string of the molecule is CNC(=O)NC(=O)C(C)N1CCN(CCN)CC1. The first kappa shape index (κ1) is 14.9. The number of urea groups is 1. The van der Waals surface area contributed by atoms with Gasteiger partial charge in [0.05, 0.1) is 6.04 Å². The van der Waals surface area contributed by atoms with Crippen LogP contribution in [0.5, 0.6) is 0 Å². The number of nitrogens with zero attached hydrogens (tertiary/aromatic N) is 2. The lowest BCUT2D eigenvalue weighted by atomic mass is 10.2. The largest absolute Gasteiger partial charge is 0.341 e. The molecular weight excluding hydrogens is 234 g/mol. The van der Waals surface area contributed by atoms with Gasteiger partial charge in [0.15, 0.2) is 0 Å². The van der Waals surface area contributed by atoms with Gasteiger partial charge in [-0.3, -0.25) is 19.9 Å². The van der Waals surface area contributed by atoms with Crippen LogP contribution < -0.4 is 16.4 Å². The van der Waals surface area contributed by atoms with Crippen LogP contribution in [0.3, 0.4) is 0 Å². The summed E-state index contributed by atoms with van der Waals surface area (Å²) in [5, 5.41) is 4.66. The van der Waals surface area contributed by atoms with Gasteiger partial charge in [0.2, 0.25) is 5.91 Å². The van der Waals surface area contributed by atoms with Crippen LogP contribution in [0.4, 0.5) is 4.79 Å². The zero-order valence-electron chi connectivity index (χ0n) is 11.1. The summed E-state index contributed by atoms with van der Waals surface area (Å²) in [6, 6.07) is -0.754. The van der Waals surface area contributed by atoms with E-state index >= 15 is 0 Å². The highest BCUT2D eigenvalue weighted by atomic mass is 16.2. The molecule has 0 saturated carbocycles. The van der Waals surface area contributed by atoms with Crippen molar-refractivity contribution in [1.29, 1.82) is 0 Å². The van der Waals surface area contributed by atoms with Crippen LogP contribution in [0.15, 0.2) is 0 Å². The Hall–Kier alpha value is -1.18. The quantitative estimate of drug-likeness (QED) is 0.565. The fourth-order valence-electron chi connectivity index (χ4n) is 2.00. The predicted molar refractivity (Wildman–Crippen MR) is 69.1 cm³/mol. The zero-order chi connectivity index (χ0) is 13.5. The highest BCUT2D eigenvalue weighted by molar-refractivity contribution is 5.96. The molecule has 1 heterocycles. The second-order valence-corrected chi connectivity index (χ2v) is 4.41. The summed E-state index contributed by atoms with van der Waals surface area (Å²) < 4.78 is 0. The van der Waals surface area contributed by atoms with Gasteiger partial charge in [0, 0.05) is 46.3 Å². The normalized spacial score (nSPS) is 19.3. The van der Waals surface area contributed by atoms with Crippen molar-refractivity contribution in [2.24, 2.45) is 5.73 Å². The summed E-state index contributed by atoms with van der Waals surface area (Å²) >= 11 is 0. The van der Waals surface area contributed by atoms with Crippen molar-refractivity contribution in [1.82, 2.24) is 20.4 Å². The second-order valence-electron chi connectivity index (χ2n) is 4.41. The fraction of sp³-hybridized carbons (Fsp3) is 0.818. The molecule has 0 radical (unpaired) electrons. The monoisotopic (exact) mass is 257 g/mol. The molecule has 1 unspecified atom stereocenters. The lowest BCUT2D eigenvalue weighted by Crippen LogP contribution is -2.55. The van der Waals surface area contributed by atoms with Gasteiger partial charge in [-0.1, -0.05) is 0 Å². The third-order valence-corrected chi connectivity index (χ3v) is 3.24. The molecule has 1 saturated heterocycles. The smallest absolute Gasteiger partial charge is 0.321 e. The lowest BCUT2D eigenvalue weighted by molar-refractivity contribution is -0.125. The number of hydrogen-bond acceptors (Lipinski definition) is 5. The van der Waals surface area contributed by atoms with E-state index in [0.717, 1.165) is 32.7 Å². The molecule has 0 aromatic heterocycles. The van der Waals surface area contributed by atoms with E-state index in [4.69, 9.17) is 5.73 Å². The van der Waals surface area contributed by atoms with Gasteiger partial charge in [-0.25, -0.2) is 4.79 Å². The van der Waals surface area contributed by atoms with E-state index in [1.807, 2.05) is 6.92 Å². The van der Waals surface area contributed by atoms with Crippen molar-refractivity contribution in [3.05, 3.63) is 0 Å². The van der Waals surface area contributed by atoms with Gasteiger partial charge in [-0.05, 0) is 6.92 Å². The molecule has 1 rings (SSSR count). The number of piperazine rings is 1. The Morgan fingerprint density at radius 2 is 1.89 bits per heavy atom. The topological polar surface area (TPSA) is 90.7 Å². The first-order valence-corrected chi connectivity index (χ1v) is 6.27. The van der Waals surface area contributed by atoms with Gasteiger partial charge in [0.1, 0.15) is 0 Å². The molecule has 0 aliphatic carbocycles. The van der Waals surface area contributed by atoms with Crippen LogP contribution in [-0.2, 0) is 4.79 Å². The molecule has 104 valence electrons. The number of nitrogens with one attached hydrogen (secondary N) is 2. The minimum absolute atomic E-state index is 0.262. The van der Waals surface area contributed by atoms with Crippen molar-refractivity contribution >= 4 is 11.9 Å². The molecule has 7 nitrogen and oxygen atoms in total. The maximum Gasteiger partial charge on any atom is 0.321 e. The molecule has 1 atom stereocenters. The number of rotatable bonds is 4. The summed E-state index contributed by atoms with van der Waals surface area (Å²) in [6.45, 7) is 6.84. The van der Waals surface area contributed by atoms with E-state index in [2.05, 4.69) is 20.4 Å². The predicted octanol–water partition coefficient (Wildman–Crippen LogP) is -1.59. The van der Waals surface area contributed by atoms with E-state index in [1.165, 1.54) is 7.05 Å². The van der Waals surface area contributed by atoms with Crippen LogP contribution >= 0.6 is 0 Å². The summed E-state index contributed by atoms with van der Waals surface area (Å²) in [7, 11) is 1.48. The highest BCUT2D eigenvalue weighted by Crippen LogP contribution is 2.06. The third kappa shape index (κ3) is 4.25. The van der Waals surface area contributed by atoms with E-state index in [-0.39, 0.29) is 11.9 Å². The first-order chi connectivity index (χ1) is 8.58. The fourth-order valence-corrected chi connectivity index (χ4v) is 2.00. The Balaban J connectivity index is 2.37. The molecule has 0 aromatic carbocycles. The third-order valence-electron chi connectivity index (χ3n) is 3.24. The molecule has 3 amide bonds. The number of carbonyl (C=O) groups excluding carboxylic acids is 2. The second kappa shape index (κ2) is 7.30. The standard InChI is InChI=1S/C11H23N5O2/c1-9(10(17)14-11(18)13-2)16-7-5-15(4-3-12)6-8-16/h9H,3-8,12H2,1-2H3,(H2,13,14,17,18). The van der Waals surface area contributed by atoms with Crippen molar-refractivity contribution in [2.75, 3.05) is 46.3 Å². The van der Waals surface area contributed by atoms with Crippen LogP contribution in [0, 0.1) is 0 Å². The van der Waals surface area contributed by atoms with Crippen LogP contribution in [-0.4, -0.2) is 74.1 Å². The van der Waals surface area contributed by atoms with Crippen molar-refractivity contribution in [3.8, 4) is 0 Å². The number of amides is 3. The highest BCUT2D eigenvalue weighted by Gasteiger charge is 2.25. The summed E-state index contributed by atoms with van der Waals surface area (Å²) in [5.74, 6) is -0.262. The molecule has 7 heteroatoms. The number of hydrogen-bond donors (Lipinski definition) is 3. The number of nitrogens with two attached hydrogens (primary N) is 1. The van der Waals surface area contributed by atoms with E-state index in [9.17, 15) is 9.59 Å². The van der Waals surface area contributed by atoms with E-state index in [0.29, 0.717) is 6.54 Å².